The largest absolute Gasteiger partial charge is 0.464 e. The molecule has 6 heteroatoms. The lowest BCUT2D eigenvalue weighted by Crippen LogP contribution is -2.49. The van der Waals surface area contributed by atoms with Crippen LogP contribution in [0.5, 0.6) is 0 Å². The number of hydrogen-bond donors (Lipinski definition) is 3. The molecule has 0 fully saturated rings. The average Bonchev–Trinajstić information content (AvgIpc) is 2.45. The van der Waals surface area contributed by atoms with Gasteiger partial charge in [0.2, 0.25) is 0 Å². The van der Waals surface area contributed by atoms with E-state index in [1.807, 2.05) is 0 Å². The van der Waals surface area contributed by atoms with Gasteiger partial charge in [-0.25, -0.2) is 9.59 Å². The van der Waals surface area contributed by atoms with Crippen LogP contribution in [0.15, 0.2) is 30.3 Å². The topological polar surface area (TPSA) is 87.7 Å². The van der Waals surface area contributed by atoms with Crippen molar-refractivity contribution < 1.29 is 19.4 Å². The van der Waals surface area contributed by atoms with Crippen molar-refractivity contribution in [2.24, 2.45) is 0 Å². The number of aliphatic hydroxyl groups excluding tert-OH is 1. The smallest absolute Gasteiger partial charge is 0.331 e. The van der Waals surface area contributed by atoms with Gasteiger partial charge in [0.15, 0.2) is 6.04 Å². The van der Waals surface area contributed by atoms with Crippen LogP contribution in [-0.4, -0.2) is 36.3 Å². The van der Waals surface area contributed by atoms with Crippen LogP contribution in [0.1, 0.15) is 25.5 Å². The summed E-state index contributed by atoms with van der Waals surface area (Å²) in [5, 5.41) is 15.2. The van der Waals surface area contributed by atoms with E-state index in [0.29, 0.717) is 12.1 Å². The lowest BCUT2D eigenvalue weighted by molar-refractivity contribution is -0.148. The average molecular weight is 280 g/mol. The third kappa shape index (κ3) is 4.55. The molecule has 0 radical (unpaired) electrons. The number of carbonyl (C=O) groups is 2. The Labute approximate surface area is 118 Å². The van der Waals surface area contributed by atoms with E-state index in [4.69, 9.17) is 4.74 Å². The van der Waals surface area contributed by atoms with E-state index in [9.17, 15) is 14.7 Å². The van der Waals surface area contributed by atoms with Crippen molar-refractivity contribution in [3.05, 3.63) is 35.9 Å². The number of benzene rings is 1. The summed E-state index contributed by atoms with van der Waals surface area (Å²) in [4.78, 5) is 23.4. The van der Waals surface area contributed by atoms with Crippen molar-refractivity contribution in [3.8, 4) is 0 Å². The van der Waals surface area contributed by atoms with Gasteiger partial charge < -0.3 is 20.5 Å². The van der Waals surface area contributed by atoms with Crippen LogP contribution < -0.4 is 10.6 Å². The number of carbonyl (C=O) groups excluding carboxylic acids is 2. The molecule has 0 aliphatic heterocycles. The summed E-state index contributed by atoms with van der Waals surface area (Å²) in [7, 11) is 0. The van der Waals surface area contributed by atoms with E-state index >= 15 is 0 Å². The fraction of sp³-hybridized carbons (Fsp3) is 0.429. The standard InChI is InChI=1S/C14H20N2O4/c1-3-15-14(19)16-11(13(18)20-4-2)12(17)10-8-6-5-7-9-10/h5-9,11-12,17H,3-4H2,1-2H3,(H2,15,16,19). The summed E-state index contributed by atoms with van der Waals surface area (Å²) in [5.41, 5.74) is 0.530. The zero-order chi connectivity index (χ0) is 15.0. The summed E-state index contributed by atoms with van der Waals surface area (Å²) in [6, 6.07) is 6.96. The number of hydrogen-bond acceptors (Lipinski definition) is 4. The van der Waals surface area contributed by atoms with E-state index in [1.165, 1.54) is 0 Å². The van der Waals surface area contributed by atoms with Crippen molar-refractivity contribution in [2.45, 2.75) is 26.0 Å². The molecule has 1 aromatic carbocycles. The second-order valence-electron chi connectivity index (χ2n) is 4.09. The van der Waals surface area contributed by atoms with Gasteiger partial charge in [0, 0.05) is 6.54 Å². The van der Waals surface area contributed by atoms with Crippen LogP contribution in [0.3, 0.4) is 0 Å². The molecule has 0 aliphatic rings. The Bertz CT molecular complexity index is 436. The van der Waals surface area contributed by atoms with E-state index < -0.39 is 24.1 Å². The third-order valence-electron chi connectivity index (χ3n) is 2.62. The molecule has 0 aliphatic carbocycles. The number of aliphatic hydroxyl groups is 1. The zero-order valence-corrected chi connectivity index (χ0v) is 11.6. The Morgan fingerprint density at radius 3 is 2.45 bits per heavy atom. The molecular formula is C14H20N2O4. The first-order chi connectivity index (χ1) is 9.60. The molecule has 0 saturated heterocycles. The molecule has 1 rings (SSSR count). The quantitative estimate of drug-likeness (QED) is 0.678. The highest BCUT2D eigenvalue weighted by Crippen LogP contribution is 2.17. The number of esters is 1. The molecule has 2 unspecified atom stereocenters. The molecule has 2 atom stereocenters. The van der Waals surface area contributed by atoms with Crippen LogP contribution >= 0.6 is 0 Å². The van der Waals surface area contributed by atoms with E-state index in [-0.39, 0.29) is 6.61 Å². The lowest BCUT2D eigenvalue weighted by atomic mass is 10.0. The van der Waals surface area contributed by atoms with Gasteiger partial charge in [0.1, 0.15) is 6.10 Å². The van der Waals surface area contributed by atoms with Crippen molar-refractivity contribution in [2.75, 3.05) is 13.2 Å². The Morgan fingerprint density at radius 1 is 1.25 bits per heavy atom. The van der Waals surface area contributed by atoms with Gasteiger partial charge in [-0.2, -0.15) is 0 Å². The molecule has 0 saturated carbocycles. The van der Waals surface area contributed by atoms with E-state index in [2.05, 4.69) is 10.6 Å². The zero-order valence-electron chi connectivity index (χ0n) is 11.6. The Balaban J connectivity index is 2.86. The van der Waals surface area contributed by atoms with Crippen LogP contribution in [0, 0.1) is 0 Å². The minimum absolute atomic E-state index is 0.175. The predicted octanol–water partition coefficient (Wildman–Crippen LogP) is 0.971. The van der Waals surface area contributed by atoms with Gasteiger partial charge in [-0.05, 0) is 19.4 Å². The number of ether oxygens (including phenoxy) is 1. The van der Waals surface area contributed by atoms with Gasteiger partial charge in [0.25, 0.3) is 0 Å². The van der Waals surface area contributed by atoms with Gasteiger partial charge in [-0.15, -0.1) is 0 Å². The predicted molar refractivity (Wildman–Crippen MR) is 74.0 cm³/mol. The van der Waals surface area contributed by atoms with Crippen LogP contribution in [-0.2, 0) is 9.53 Å². The normalized spacial score (nSPS) is 13.2. The minimum Gasteiger partial charge on any atom is -0.464 e. The van der Waals surface area contributed by atoms with Crippen molar-refractivity contribution >= 4 is 12.0 Å². The van der Waals surface area contributed by atoms with Gasteiger partial charge in [-0.1, -0.05) is 30.3 Å². The van der Waals surface area contributed by atoms with Crippen LogP contribution in [0.25, 0.3) is 0 Å². The number of nitrogens with one attached hydrogen (secondary N) is 2. The Morgan fingerprint density at radius 2 is 1.90 bits per heavy atom. The summed E-state index contributed by atoms with van der Waals surface area (Å²) >= 11 is 0. The first kappa shape index (κ1) is 16.0. The molecule has 1 aromatic rings. The second kappa shape index (κ2) is 8.16. The fourth-order valence-electron chi connectivity index (χ4n) is 1.69. The summed E-state index contributed by atoms with van der Waals surface area (Å²) < 4.78 is 4.88. The molecule has 20 heavy (non-hydrogen) atoms. The number of amides is 2. The van der Waals surface area contributed by atoms with Crippen LogP contribution in [0.4, 0.5) is 4.79 Å². The van der Waals surface area contributed by atoms with E-state index in [1.54, 1.807) is 44.2 Å². The fourth-order valence-corrected chi connectivity index (χ4v) is 1.69. The minimum atomic E-state index is -1.17. The molecule has 2 amide bonds. The number of rotatable bonds is 6. The summed E-state index contributed by atoms with van der Waals surface area (Å²) in [5.74, 6) is -0.671. The lowest BCUT2D eigenvalue weighted by Gasteiger charge is -2.22. The maximum Gasteiger partial charge on any atom is 0.331 e. The molecule has 0 bridgehead atoms. The van der Waals surface area contributed by atoms with Crippen molar-refractivity contribution in [1.82, 2.24) is 10.6 Å². The van der Waals surface area contributed by atoms with Gasteiger partial charge in [0.05, 0.1) is 6.61 Å². The monoisotopic (exact) mass is 280 g/mol. The Hall–Kier alpha value is -2.08. The highest BCUT2D eigenvalue weighted by molar-refractivity contribution is 5.84. The molecule has 3 N–H and O–H groups in total. The molecule has 0 aromatic heterocycles. The van der Waals surface area contributed by atoms with E-state index in [0.717, 1.165) is 0 Å². The maximum absolute atomic E-state index is 11.9. The first-order valence-corrected chi connectivity index (χ1v) is 6.54. The van der Waals surface area contributed by atoms with Crippen molar-refractivity contribution in [1.29, 1.82) is 0 Å². The van der Waals surface area contributed by atoms with Crippen LogP contribution in [0.2, 0.25) is 0 Å². The van der Waals surface area contributed by atoms with Crippen molar-refractivity contribution in [3.63, 3.8) is 0 Å². The summed E-state index contributed by atoms with van der Waals surface area (Å²) in [6.07, 6.45) is -1.17. The first-order valence-electron chi connectivity index (χ1n) is 6.54. The highest BCUT2D eigenvalue weighted by Gasteiger charge is 2.30. The Kier molecular flexibility index (Phi) is 6.52. The summed E-state index contributed by atoms with van der Waals surface area (Å²) in [6.45, 7) is 4.01. The maximum atomic E-state index is 11.9. The molecule has 0 heterocycles. The molecule has 6 nitrogen and oxygen atoms in total. The third-order valence-corrected chi connectivity index (χ3v) is 2.62. The SMILES string of the molecule is CCNC(=O)NC(C(=O)OCC)C(O)c1ccccc1. The van der Waals surface area contributed by atoms with Gasteiger partial charge in [-0.3, -0.25) is 0 Å². The molecular weight excluding hydrogens is 260 g/mol. The second-order valence-corrected chi connectivity index (χ2v) is 4.09. The van der Waals surface area contributed by atoms with Gasteiger partial charge >= 0.3 is 12.0 Å². The highest BCUT2D eigenvalue weighted by atomic mass is 16.5. The number of urea groups is 1. The molecule has 110 valence electrons. The molecule has 0 spiro atoms.